The van der Waals surface area contributed by atoms with Crippen LogP contribution in [-0.2, 0) is 10.2 Å². The van der Waals surface area contributed by atoms with Crippen LogP contribution in [0.15, 0.2) is 73.1 Å². The zero-order valence-corrected chi connectivity index (χ0v) is 19.6. The molecule has 2 atom stereocenters. The molecule has 2 amide bonds. The van der Waals surface area contributed by atoms with E-state index in [9.17, 15) is 14.0 Å². The number of hydrogen-bond acceptors (Lipinski definition) is 4. The van der Waals surface area contributed by atoms with Crippen LogP contribution in [-0.4, -0.2) is 47.5 Å². The van der Waals surface area contributed by atoms with Gasteiger partial charge in [0.2, 0.25) is 0 Å². The fourth-order valence-corrected chi connectivity index (χ4v) is 5.61. The normalized spacial score (nSPS) is 20.5. The van der Waals surface area contributed by atoms with Crippen LogP contribution in [0.25, 0.3) is 0 Å². The second-order valence-corrected chi connectivity index (χ2v) is 9.11. The molecule has 5 rings (SSSR count). The average Bonchev–Trinajstić information content (AvgIpc) is 3.14. The van der Waals surface area contributed by atoms with E-state index in [0.29, 0.717) is 43.7 Å². The predicted octanol–water partition coefficient (Wildman–Crippen LogP) is 4.28. The molecule has 1 aliphatic carbocycles. The van der Waals surface area contributed by atoms with E-state index in [0.717, 1.165) is 5.56 Å². The maximum atomic E-state index is 13.3. The number of piperidine rings is 1. The third-order valence-electron chi connectivity index (χ3n) is 7.27. The molecule has 6 nitrogen and oxygen atoms in total. The van der Waals surface area contributed by atoms with E-state index in [1.165, 1.54) is 29.8 Å². The lowest BCUT2D eigenvalue weighted by molar-refractivity contribution is -0.0305. The predicted molar refractivity (Wildman–Crippen MR) is 130 cm³/mol. The average molecular weight is 474 g/mol. The summed E-state index contributed by atoms with van der Waals surface area (Å²) < 4.78 is 19.7. The van der Waals surface area contributed by atoms with Crippen molar-refractivity contribution >= 4 is 11.8 Å². The number of nitrogens with zero attached hydrogens (tertiary/aromatic N) is 2. The highest BCUT2D eigenvalue weighted by Gasteiger charge is 2.54. The standard InChI is InChI=1S/C28H28FN3O3/c1-2-35-25-24(31-26(33)20-6-5-15-30-18-20)22-7-3-4-8-23(22)28(25)13-16-32(17-14-28)27(34)19-9-11-21(29)12-10-19/h3-12,15,18,24-25H,2,13-14,16-17H2,1H3,(H,31,33)/t24-,25+/m1/s1. The lowest BCUT2D eigenvalue weighted by Gasteiger charge is -2.44. The van der Waals surface area contributed by atoms with Crippen molar-refractivity contribution in [3.8, 4) is 0 Å². The minimum Gasteiger partial charge on any atom is -0.375 e. The van der Waals surface area contributed by atoms with Gasteiger partial charge in [-0.2, -0.15) is 0 Å². The van der Waals surface area contributed by atoms with Crippen molar-refractivity contribution in [1.82, 2.24) is 15.2 Å². The Hall–Kier alpha value is -3.58. The maximum absolute atomic E-state index is 13.3. The van der Waals surface area contributed by atoms with E-state index in [-0.39, 0.29) is 35.2 Å². The number of fused-ring (bicyclic) bond motifs is 2. The van der Waals surface area contributed by atoms with Gasteiger partial charge in [-0.05, 0) is 67.3 Å². The topological polar surface area (TPSA) is 71.5 Å². The number of rotatable bonds is 5. The molecule has 7 heteroatoms. The van der Waals surface area contributed by atoms with Crippen LogP contribution < -0.4 is 5.32 Å². The molecule has 1 spiro atoms. The van der Waals surface area contributed by atoms with Crippen molar-refractivity contribution in [1.29, 1.82) is 0 Å². The van der Waals surface area contributed by atoms with Gasteiger partial charge < -0.3 is 15.0 Å². The van der Waals surface area contributed by atoms with Gasteiger partial charge in [-0.25, -0.2) is 4.39 Å². The number of carbonyl (C=O) groups excluding carboxylic acids is 2. The van der Waals surface area contributed by atoms with Gasteiger partial charge in [0.15, 0.2) is 0 Å². The summed E-state index contributed by atoms with van der Waals surface area (Å²) in [7, 11) is 0. The molecule has 1 fully saturated rings. The largest absolute Gasteiger partial charge is 0.375 e. The Morgan fingerprint density at radius 3 is 2.49 bits per heavy atom. The Balaban J connectivity index is 1.42. The van der Waals surface area contributed by atoms with Gasteiger partial charge in [0.1, 0.15) is 5.82 Å². The first-order valence-corrected chi connectivity index (χ1v) is 12.0. The quantitative estimate of drug-likeness (QED) is 0.600. The van der Waals surface area contributed by atoms with Gasteiger partial charge in [0, 0.05) is 43.1 Å². The maximum Gasteiger partial charge on any atom is 0.253 e. The molecule has 1 saturated heterocycles. The van der Waals surface area contributed by atoms with Crippen LogP contribution in [0.5, 0.6) is 0 Å². The van der Waals surface area contributed by atoms with Crippen LogP contribution >= 0.6 is 0 Å². The van der Waals surface area contributed by atoms with Crippen molar-refractivity contribution in [3.63, 3.8) is 0 Å². The van der Waals surface area contributed by atoms with Crippen molar-refractivity contribution in [3.05, 3.63) is 101 Å². The highest BCUT2D eigenvalue weighted by atomic mass is 19.1. The second-order valence-electron chi connectivity index (χ2n) is 9.11. The summed E-state index contributed by atoms with van der Waals surface area (Å²) in [4.78, 5) is 32.0. The zero-order valence-electron chi connectivity index (χ0n) is 19.6. The molecule has 35 heavy (non-hydrogen) atoms. The van der Waals surface area contributed by atoms with Crippen LogP contribution in [0.2, 0.25) is 0 Å². The summed E-state index contributed by atoms with van der Waals surface area (Å²) in [6.45, 7) is 3.58. The summed E-state index contributed by atoms with van der Waals surface area (Å²) >= 11 is 0. The van der Waals surface area contributed by atoms with Crippen LogP contribution in [0.1, 0.15) is 57.7 Å². The Bertz CT molecular complexity index is 1210. The first kappa shape index (κ1) is 23.2. The molecular formula is C28H28FN3O3. The van der Waals surface area contributed by atoms with E-state index in [1.54, 1.807) is 24.5 Å². The summed E-state index contributed by atoms with van der Waals surface area (Å²) in [5.41, 5.74) is 2.89. The molecule has 0 radical (unpaired) electrons. The van der Waals surface area contributed by atoms with Crippen LogP contribution in [0, 0.1) is 5.82 Å². The monoisotopic (exact) mass is 473 g/mol. The molecule has 2 heterocycles. The minimum atomic E-state index is -0.361. The number of amides is 2. The molecule has 1 N–H and O–H groups in total. The Kier molecular flexibility index (Phi) is 6.34. The summed E-state index contributed by atoms with van der Waals surface area (Å²) in [5.74, 6) is -0.648. The van der Waals surface area contributed by atoms with E-state index in [1.807, 2.05) is 24.0 Å². The number of aromatic nitrogens is 1. The molecular weight excluding hydrogens is 445 g/mol. The number of carbonyl (C=O) groups is 2. The van der Waals surface area contributed by atoms with E-state index in [2.05, 4.69) is 22.4 Å². The molecule has 0 bridgehead atoms. The molecule has 2 aromatic carbocycles. The van der Waals surface area contributed by atoms with Gasteiger partial charge in [-0.1, -0.05) is 24.3 Å². The van der Waals surface area contributed by atoms with E-state index < -0.39 is 0 Å². The number of hydrogen-bond donors (Lipinski definition) is 1. The second kappa shape index (κ2) is 9.58. The highest BCUT2D eigenvalue weighted by Crippen LogP contribution is 2.52. The summed E-state index contributed by atoms with van der Waals surface area (Å²) in [5, 5.41) is 3.20. The third kappa shape index (κ3) is 4.21. The number of benzene rings is 2. The van der Waals surface area contributed by atoms with Gasteiger partial charge in [-0.3, -0.25) is 14.6 Å². The Labute approximate surface area is 204 Å². The minimum absolute atomic E-state index is 0.0967. The highest BCUT2D eigenvalue weighted by molar-refractivity contribution is 5.95. The molecule has 3 aromatic rings. The molecule has 1 aromatic heterocycles. The van der Waals surface area contributed by atoms with Gasteiger partial charge in [-0.15, -0.1) is 0 Å². The summed E-state index contributed by atoms with van der Waals surface area (Å²) in [6.07, 6.45) is 4.36. The molecule has 0 unspecified atom stereocenters. The number of pyridine rings is 1. The van der Waals surface area contributed by atoms with Crippen molar-refractivity contribution in [2.75, 3.05) is 19.7 Å². The number of ether oxygens (including phenoxy) is 1. The first-order valence-electron chi connectivity index (χ1n) is 12.0. The first-order chi connectivity index (χ1) is 17.0. The van der Waals surface area contributed by atoms with Crippen molar-refractivity contribution in [2.45, 2.75) is 37.3 Å². The van der Waals surface area contributed by atoms with E-state index >= 15 is 0 Å². The van der Waals surface area contributed by atoms with E-state index in [4.69, 9.17) is 4.74 Å². The number of nitrogens with one attached hydrogen (secondary N) is 1. The SMILES string of the molecule is CCO[C@H]1[C@H](NC(=O)c2cccnc2)c2ccccc2C12CCN(C(=O)c1ccc(F)cc1)CC2. The number of halogens is 1. The number of likely N-dealkylation sites (tertiary alicyclic amines) is 1. The molecule has 180 valence electrons. The van der Waals surface area contributed by atoms with Gasteiger partial charge >= 0.3 is 0 Å². The lowest BCUT2D eigenvalue weighted by Crippen LogP contribution is -2.52. The van der Waals surface area contributed by atoms with Gasteiger partial charge in [0.05, 0.1) is 17.7 Å². The van der Waals surface area contributed by atoms with Crippen LogP contribution in [0.4, 0.5) is 4.39 Å². The molecule has 0 saturated carbocycles. The van der Waals surface area contributed by atoms with Gasteiger partial charge in [0.25, 0.3) is 11.8 Å². The fourth-order valence-electron chi connectivity index (χ4n) is 5.61. The zero-order chi connectivity index (χ0) is 24.4. The fraction of sp³-hybridized carbons (Fsp3) is 0.321. The molecule has 2 aliphatic rings. The molecule has 1 aliphatic heterocycles. The Morgan fingerprint density at radius 2 is 1.80 bits per heavy atom. The summed E-state index contributed by atoms with van der Waals surface area (Å²) in [6, 6.07) is 17.0. The third-order valence-corrected chi connectivity index (χ3v) is 7.27. The van der Waals surface area contributed by atoms with Crippen LogP contribution in [0.3, 0.4) is 0 Å². The smallest absolute Gasteiger partial charge is 0.253 e. The lowest BCUT2D eigenvalue weighted by atomic mass is 9.71. The Morgan fingerprint density at radius 1 is 1.06 bits per heavy atom. The van der Waals surface area contributed by atoms with Crippen molar-refractivity contribution in [2.24, 2.45) is 0 Å². The van der Waals surface area contributed by atoms with Crippen molar-refractivity contribution < 1.29 is 18.7 Å².